The molecule has 1 atom stereocenters. The molecule has 0 fully saturated rings. The van der Waals surface area contributed by atoms with Crippen molar-refractivity contribution in [1.29, 1.82) is 0 Å². The molecule has 0 radical (unpaired) electrons. The second-order valence-electron chi connectivity index (χ2n) is 6.73. The zero-order valence-electron chi connectivity index (χ0n) is 15.4. The predicted molar refractivity (Wildman–Crippen MR) is 101 cm³/mol. The first-order valence-electron chi connectivity index (χ1n) is 8.35. The summed E-state index contributed by atoms with van der Waals surface area (Å²) < 4.78 is 26.9. The molecule has 0 unspecified atom stereocenters. The Morgan fingerprint density at radius 2 is 2.12 bits per heavy atom. The van der Waals surface area contributed by atoms with E-state index in [1.807, 2.05) is 39.8 Å². The lowest BCUT2D eigenvalue weighted by molar-refractivity contribution is -0.137. The van der Waals surface area contributed by atoms with Crippen LogP contribution in [0.5, 0.6) is 5.75 Å². The molecule has 0 aliphatic carbocycles. The normalized spacial score (nSPS) is 15.8. The summed E-state index contributed by atoms with van der Waals surface area (Å²) in [7, 11) is -1.35. The van der Waals surface area contributed by atoms with E-state index in [0.717, 1.165) is 28.9 Å². The molecule has 1 aromatic rings. The van der Waals surface area contributed by atoms with Crippen LogP contribution in [-0.2, 0) is 26.9 Å². The molecule has 1 aliphatic rings. The molecular weight excluding hydrogens is 338 g/mol. The third-order valence-corrected chi connectivity index (χ3v) is 5.22. The maximum Gasteiger partial charge on any atom is 0.330 e. The van der Waals surface area contributed by atoms with E-state index in [1.54, 1.807) is 13.0 Å². The van der Waals surface area contributed by atoms with Crippen LogP contribution in [0.1, 0.15) is 51.3 Å². The summed E-state index contributed by atoms with van der Waals surface area (Å²) in [6.45, 7) is 10.2. The highest BCUT2D eigenvalue weighted by Crippen LogP contribution is 2.32. The average molecular weight is 363 g/mol. The van der Waals surface area contributed by atoms with Gasteiger partial charge in [-0.05, 0) is 58.4 Å². The Morgan fingerprint density at radius 1 is 1.40 bits per heavy atom. The van der Waals surface area contributed by atoms with E-state index in [-0.39, 0.29) is 0 Å². The third kappa shape index (κ3) is 4.78. The fourth-order valence-corrected chi connectivity index (χ4v) is 3.08. The minimum absolute atomic E-state index is 0.330. The van der Waals surface area contributed by atoms with Gasteiger partial charge in [0.1, 0.15) is 16.7 Å². The van der Waals surface area contributed by atoms with Crippen molar-refractivity contribution in [3.05, 3.63) is 34.9 Å². The molecule has 5 nitrogen and oxygen atoms in total. The average Bonchev–Trinajstić information content (AvgIpc) is 3.00. The summed E-state index contributed by atoms with van der Waals surface area (Å²) in [5.74, 6) is 0.426. The molecule has 1 aromatic carbocycles. The summed E-state index contributed by atoms with van der Waals surface area (Å²) in [5.41, 5.74) is 3.43. The summed E-state index contributed by atoms with van der Waals surface area (Å²) >= 11 is 0. The molecule has 0 saturated carbocycles. The highest BCUT2D eigenvalue weighted by molar-refractivity contribution is 7.85. The molecule has 0 spiro atoms. The second-order valence-corrected chi connectivity index (χ2v) is 8.63. The number of hydrogen-bond acceptors (Lipinski definition) is 4. The van der Waals surface area contributed by atoms with Gasteiger partial charge in [-0.25, -0.2) is 9.00 Å². The Morgan fingerprint density at radius 3 is 2.76 bits per heavy atom. The van der Waals surface area contributed by atoms with E-state index < -0.39 is 21.7 Å². The second kappa shape index (κ2) is 7.95. The zero-order valence-corrected chi connectivity index (χ0v) is 16.2. The molecule has 2 rings (SSSR count). The van der Waals surface area contributed by atoms with Gasteiger partial charge in [0.15, 0.2) is 0 Å². The highest BCUT2D eigenvalue weighted by Gasteiger charge is 2.22. The first-order valence-corrected chi connectivity index (χ1v) is 9.46. The molecule has 1 aliphatic heterocycles. The standard InChI is InChI=1S/C19H25NO4S/c1-6-23-18(21)10-8-15-14(7-9-17-16(15)11-12-24-17)13(2)20-25(22)19(3,4)5/h7-10H,6,11-12H2,1-5H3/b10-8+,20-13-/t25-/m0/s1. The summed E-state index contributed by atoms with van der Waals surface area (Å²) in [5, 5.41) is 0. The molecule has 25 heavy (non-hydrogen) atoms. The van der Waals surface area contributed by atoms with Gasteiger partial charge in [-0.3, -0.25) is 0 Å². The van der Waals surface area contributed by atoms with E-state index in [0.29, 0.717) is 18.9 Å². The fraction of sp³-hybridized carbons (Fsp3) is 0.474. The van der Waals surface area contributed by atoms with Crippen LogP contribution in [0.3, 0.4) is 0 Å². The Kier molecular flexibility index (Phi) is 6.16. The summed E-state index contributed by atoms with van der Waals surface area (Å²) in [6, 6.07) is 3.80. The van der Waals surface area contributed by atoms with Crippen LogP contribution in [0.15, 0.2) is 22.6 Å². The number of benzene rings is 1. The number of fused-ring (bicyclic) bond motifs is 1. The molecular formula is C19H25NO4S. The van der Waals surface area contributed by atoms with Crippen molar-refractivity contribution in [3.63, 3.8) is 0 Å². The largest absolute Gasteiger partial charge is 0.493 e. The minimum Gasteiger partial charge on any atom is -0.493 e. The zero-order chi connectivity index (χ0) is 18.6. The number of carbonyl (C=O) groups excluding carboxylic acids is 1. The number of esters is 1. The number of ether oxygens (including phenoxy) is 2. The van der Waals surface area contributed by atoms with Crippen LogP contribution in [0.4, 0.5) is 0 Å². The molecule has 136 valence electrons. The van der Waals surface area contributed by atoms with Gasteiger partial charge in [0.2, 0.25) is 0 Å². The SMILES string of the molecule is CCOC(=O)/C=C/c1c(/C(C)=N\[S@@](=O)C(C)(C)C)ccc2c1CCO2. The van der Waals surface area contributed by atoms with Crippen molar-refractivity contribution in [3.8, 4) is 5.75 Å². The summed E-state index contributed by atoms with van der Waals surface area (Å²) in [6.07, 6.45) is 3.91. The van der Waals surface area contributed by atoms with Gasteiger partial charge >= 0.3 is 5.97 Å². The molecule has 0 aromatic heterocycles. The van der Waals surface area contributed by atoms with Crippen molar-refractivity contribution in [2.24, 2.45) is 4.40 Å². The van der Waals surface area contributed by atoms with E-state index >= 15 is 0 Å². The lowest BCUT2D eigenvalue weighted by Crippen LogP contribution is -2.20. The number of hydrogen-bond donors (Lipinski definition) is 0. The first kappa shape index (κ1) is 19.4. The fourth-order valence-electron chi connectivity index (χ4n) is 2.46. The lowest BCUT2D eigenvalue weighted by Gasteiger charge is -2.15. The Hall–Kier alpha value is -1.95. The van der Waals surface area contributed by atoms with Crippen molar-refractivity contribution < 1.29 is 18.5 Å². The Balaban J connectivity index is 2.46. The Labute approximate surface area is 151 Å². The third-order valence-electron chi connectivity index (χ3n) is 3.73. The monoisotopic (exact) mass is 363 g/mol. The summed E-state index contributed by atoms with van der Waals surface area (Å²) in [4.78, 5) is 11.7. The molecule has 0 saturated heterocycles. The minimum atomic E-state index is -1.35. The number of nitrogens with zero attached hydrogens (tertiary/aromatic N) is 1. The van der Waals surface area contributed by atoms with Gasteiger partial charge in [-0.1, -0.05) is 0 Å². The van der Waals surface area contributed by atoms with Crippen LogP contribution in [0.2, 0.25) is 0 Å². The number of rotatable bonds is 5. The molecule has 1 heterocycles. The van der Waals surface area contributed by atoms with Gasteiger partial charge in [0, 0.05) is 23.6 Å². The Bertz CT molecular complexity index is 745. The van der Waals surface area contributed by atoms with E-state index in [2.05, 4.69) is 4.40 Å². The maximum absolute atomic E-state index is 12.4. The van der Waals surface area contributed by atoms with Crippen LogP contribution in [-0.4, -0.2) is 33.9 Å². The van der Waals surface area contributed by atoms with E-state index in [9.17, 15) is 9.00 Å². The lowest BCUT2D eigenvalue weighted by atomic mass is 9.96. The number of carbonyl (C=O) groups is 1. The maximum atomic E-state index is 12.4. The van der Waals surface area contributed by atoms with Crippen LogP contribution >= 0.6 is 0 Å². The van der Waals surface area contributed by atoms with Crippen LogP contribution < -0.4 is 4.74 Å². The van der Waals surface area contributed by atoms with Crippen LogP contribution in [0, 0.1) is 0 Å². The van der Waals surface area contributed by atoms with Crippen molar-refractivity contribution in [2.45, 2.75) is 45.8 Å². The molecule has 0 N–H and O–H groups in total. The van der Waals surface area contributed by atoms with Crippen molar-refractivity contribution in [2.75, 3.05) is 13.2 Å². The van der Waals surface area contributed by atoms with Gasteiger partial charge in [0.25, 0.3) is 0 Å². The van der Waals surface area contributed by atoms with Gasteiger partial charge in [0.05, 0.1) is 23.7 Å². The highest BCUT2D eigenvalue weighted by atomic mass is 32.2. The van der Waals surface area contributed by atoms with E-state index in [4.69, 9.17) is 9.47 Å². The predicted octanol–water partition coefficient (Wildman–Crippen LogP) is 3.47. The quantitative estimate of drug-likeness (QED) is 0.456. The van der Waals surface area contributed by atoms with Crippen molar-refractivity contribution >= 4 is 28.7 Å². The van der Waals surface area contributed by atoms with Gasteiger partial charge in [-0.2, -0.15) is 4.40 Å². The topological polar surface area (TPSA) is 65.0 Å². The van der Waals surface area contributed by atoms with E-state index in [1.165, 1.54) is 6.08 Å². The molecule has 0 amide bonds. The first-order chi connectivity index (χ1) is 11.7. The van der Waals surface area contributed by atoms with Gasteiger partial charge < -0.3 is 9.47 Å². The van der Waals surface area contributed by atoms with Crippen LogP contribution in [0.25, 0.3) is 6.08 Å². The van der Waals surface area contributed by atoms with Crippen molar-refractivity contribution in [1.82, 2.24) is 0 Å². The molecule has 6 heteroatoms. The smallest absolute Gasteiger partial charge is 0.330 e. The van der Waals surface area contributed by atoms with Gasteiger partial charge in [-0.15, -0.1) is 0 Å². The molecule has 0 bridgehead atoms.